The Morgan fingerprint density at radius 2 is 0.955 bits per heavy atom. The molecule has 2 nitrogen and oxygen atoms in total. The Morgan fingerprint density at radius 3 is 1.70 bits per heavy atom. The van der Waals surface area contributed by atoms with Crippen molar-refractivity contribution in [2.75, 3.05) is 4.90 Å². The van der Waals surface area contributed by atoms with Crippen LogP contribution in [0.15, 0.2) is 169 Å². The van der Waals surface area contributed by atoms with Gasteiger partial charge in [0.2, 0.25) is 0 Å². The van der Waals surface area contributed by atoms with Gasteiger partial charge in [-0.2, -0.15) is 0 Å². The van der Waals surface area contributed by atoms with Gasteiger partial charge >= 0.3 is 0 Å². The van der Waals surface area contributed by atoms with E-state index in [4.69, 9.17) is 0 Å². The van der Waals surface area contributed by atoms with Crippen LogP contribution in [0, 0.1) is 0 Å². The van der Waals surface area contributed by atoms with Gasteiger partial charge in [0.25, 0.3) is 0 Å². The maximum Gasteiger partial charge on any atom is 0.0540 e. The maximum absolute atomic E-state index is 4.19. The molecule has 0 amide bonds. The predicted molar refractivity (Wildman–Crippen MR) is 190 cm³/mol. The number of halogens is 1. The van der Waals surface area contributed by atoms with E-state index in [-0.39, 0.29) is 0 Å². The van der Waals surface area contributed by atoms with E-state index in [1.54, 1.807) is 0 Å². The molecule has 1 aromatic heterocycles. The van der Waals surface area contributed by atoms with Crippen LogP contribution in [0.25, 0.3) is 54.6 Å². The van der Waals surface area contributed by atoms with Crippen LogP contribution in [0.3, 0.4) is 0 Å². The topological polar surface area (TPSA) is 16.1 Å². The third-order valence-corrected chi connectivity index (χ3v) is 9.14. The van der Waals surface area contributed by atoms with E-state index >= 15 is 0 Å². The molecule has 0 unspecified atom stereocenters. The average molecular weight is 628 g/mol. The number of nitrogens with zero attached hydrogens (tertiary/aromatic N) is 2. The van der Waals surface area contributed by atoms with E-state index in [2.05, 4.69) is 177 Å². The Morgan fingerprint density at radius 1 is 0.409 bits per heavy atom. The highest BCUT2D eigenvalue weighted by Crippen LogP contribution is 2.45. The van der Waals surface area contributed by atoms with Gasteiger partial charge in [0.1, 0.15) is 0 Å². The van der Waals surface area contributed by atoms with Crippen molar-refractivity contribution in [3.63, 3.8) is 0 Å². The lowest BCUT2D eigenvalue weighted by atomic mass is 9.92. The van der Waals surface area contributed by atoms with Crippen molar-refractivity contribution in [1.29, 1.82) is 0 Å². The Hall–Kier alpha value is -5.25. The van der Waals surface area contributed by atoms with Crippen LogP contribution in [0.4, 0.5) is 17.1 Å². The van der Waals surface area contributed by atoms with Gasteiger partial charge < -0.3 is 4.90 Å². The maximum atomic E-state index is 4.19. The molecule has 3 heteroatoms. The first kappa shape index (κ1) is 26.4. The van der Waals surface area contributed by atoms with Crippen LogP contribution in [0.2, 0.25) is 0 Å². The smallest absolute Gasteiger partial charge is 0.0540 e. The molecule has 0 aliphatic carbocycles. The normalized spacial score (nSPS) is 11.3. The van der Waals surface area contributed by atoms with Crippen LogP contribution in [0.1, 0.15) is 0 Å². The molecule has 44 heavy (non-hydrogen) atoms. The van der Waals surface area contributed by atoms with Crippen molar-refractivity contribution in [2.45, 2.75) is 0 Å². The number of rotatable bonds is 5. The van der Waals surface area contributed by atoms with E-state index < -0.39 is 0 Å². The zero-order valence-electron chi connectivity index (χ0n) is 23.9. The molecule has 0 fully saturated rings. The second-order valence-corrected chi connectivity index (χ2v) is 11.8. The minimum atomic E-state index is 1.10. The summed E-state index contributed by atoms with van der Waals surface area (Å²) in [4.78, 5) is 6.60. The molecule has 208 valence electrons. The number of fused-ring (bicyclic) bond motifs is 3. The largest absolute Gasteiger partial charge is 0.309 e. The van der Waals surface area contributed by atoms with Crippen molar-refractivity contribution in [3.8, 4) is 22.3 Å². The first-order chi connectivity index (χ1) is 21.8. The fourth-order valence-corrected chi connectivity index (χ4v) is 6.85. The third-order valence-electron chi connectivity index (χ3n) is 8.45. The second-order valence-electron chi connectivity index (χ2n) is 10.9. The Bertz CT molecular complexity index is 2290. The van der Waals surface area contributed by atoms with Gasteiger partial charge in [0.15, 0.2) is 0 Å². The molecule has 0 aliphatic heterocycles. The highest BCUT2D eigenvalue weighted by molar-refractivity contribution is 9.10. The van der Waals surface area contributed by atoms with Gasteiger partial charge in [-0.05, 0) is 86.3 Å². The zero-order valence-corrected chi connectivity index (χ0v) is 25.4. The summed E-state index contributed by atoms with van der Waals surface area (Å²) in [5.74, 6) is 0. The first-order valence-corrected chi connectivity index (χ1v) is 15.5. The van der Waals surface area contributed by atoms with Gasteiger partial charge in [-0.1, -0.05) is 125 Å². The SMILES string of the molecule is Brc1ccc(-c2ccc(N(c3ccc(-c4ccncc4)cc3)c3cccc4ccccc34)c3ccccc23)c2ccccc12. The van der Waals surface area contributed by atoms with Crippen LogP contribution in [-0.4, -0.2) is 4.98 Å². The molecule has 7 aromatic carbocycles. The molecular formula is C41H27BrN2. The number of hydrogen-bond acceptors (Lipinski definition) is 2. The van der Waals surface area contributed by atoms with Crippen molar-refractivity contribution in [1.82, 2.24) is 4.98 Å². The van der Waals surface area contributed by atoms with Crippen molar-refractivity contribution < 1.29 is 0 Å². The predicted octanol–water partition coefficient (Wildman–Crippen LogP) is 12.1. The molecule has 0 atom stereocenters. The van der Waals surface area contributed by atoms with Crippen molar-refractivity contribution >= 4 is 65.3 Å². The van der Waals surface area contributed by atoms with Gasteiger partial charge in [-0.3, -0.25) is 4.98 Å². The lowest BCUT2D eigenvalue weighted by Gasteiger charge is -2.29. The first-order valence-electron chi connectivity index (χ1n) is 14.7. The van der Waals surface area contributed by atoms with Gasteiger partial charge in [0, 0.05) is 33.3 Å². The number of aromatic nitrogens is 1. The summed E-state index contributed by atoms with van der Waals surface area (Å²) in [6.07, 6.45) is 3.68. The van der Waals surface area contributed by atoms with Crippen LogP contribution in [0.5, 0.6) is 0 Å². The summed E-state index contributed by atoms with van der Waals surface area (Å²) in [5.41, 5.74) is 8.15. The van der Waals surface area contributed by atoms with Gasteiger partial charge in [-0.15, -0.1) is 0 Å². The molecular weight excluding hydrogens is 600 g/mol. The lowest BCUT2D eigenvalue weighted by molar-refractivity contribution is 1.31. The van der Waals surface area contributed by atoms with E-state index in [0.717, 1.165) is 32.7 Å². The van der Waals surface area contributed by atoms with E-state index in [1.807, 2.05) is 12.4 Å². The molecule has 0 bridgehead atoms. The highest BCUT2D eigenvalue weighted by Gasteiger charge is 2.20. The van der Waals surface area contributed by atoms with E-state index in [0.29, 0.717) is 0 Å². The van der Waals surface area contributed by atoms with Gasteiger partial charge in [-0.25, -0.2) is 0 Å². The number of hydrogen-bond donors (Lipinski definition) is 0. The Labute approximate surface area is 265 Å². The quantitative estimate of drug-likeness (QED) is 0.189. The third kappa shape index (κ3) is 4.54. The number of pyridine rings is 1. The molecule has 0 aliphatic rings. The van der Waals surface area contributed by atoms with Crippen LogP contribution < -0.4 is 4.90 Å². The van der Waals surface area contributed by atoms with E-state index in [9.17, 15) is 0 Å². The highest BCUT2D eigenvalue weighted by atomic mass is 79.9. The number of benzene rings is 7. The summed E-state index contributed by atoms with van der Waals surface area (Å²) in [6, 6.07) is 54.5. The van der Waals surface area contributed by atoms with Crippen molar-refractivity contribution in [2.24, 2.45) is 0 Å². The standard InChI is InChI=1S/C41H27BrN2/c42-39-22-20-35(33-11-3-5-13-37(33)39)36-21-23-41(38-14-6-4-12-34(36)38)44(40-15-7-9-30-8-1-2-10-32(30)40)31-18-16-28(17-19-31)29-24-26-43-27-25-29/h1-27H. The Kier molecular flexibility index (Phi) is 6.66. The van der Waals surface area contributed by atoms with Gasteiger partial charge in [0.05, 0.1) is 11.4 Å². The summed E-state index contributed by atoms with van der Waals surface area (Å²) in [7, 11) is 0. The molecule has 8 aromatic rings. The molecule has 0 N–H and O–H groups in total. The minimum absolute atomic E-state index is 1.10. The minimum Gasteiger partial charge on any atom is -0.309 e. The average Bonchev–Trinajstić information content (AvgIpc) is 3.10. The Balaban J connectivity index is 1.37. The molecule has 0 saturated heterocycles. The fourth-order valence-electron chi connectivity index (χ4n) is 6.37. The van der Waals surface area contributed by atoms with Crippen LogP contribution >= 0.6 is 15.9 Å². The summed E-state index contributed by atoms with van der Waals surface area (Å²) in [6.45, 7) is 0. The molecule has 8 rings (SSSR count). The van der Waals surface area contributed by atoms with Crippen LogP contribution in [-0.2, 0) is 0 Å². The molecule has 0 saturated carbocycles. The van der Waals surface area contributed by atoms with Crippen molar-refractivity contribution in [3.05, 3.63) is 169 Å². The van der Waals surface area contributed by atoms with E-state index in [1.165, 1.54) is 43.4 Å². The molecule has 0 radical (unpaired) electrons. The fraction of sp³-hybridized carbons (Fsp3) is 0. The lowest BCUT2D eigenvalue weighted by Crippen LogP contribution is -2.11. The number of anilines is 3. The second kappa shape index (κ2) is 11.1. The molecule has 0 spiro atoms. The molecule has 1 heterocycles. The monoisotopic (exact) mass is 626 g/mol. The zero-order chi connectivity index (χ0) is 29.5. The summed E-state index contributed by atoms with van der Waals surface area (Å²) >= 11 is 3.77. The summed E-state index contributed by atoms with van der Waals surface area (Å²) in [5, 5.41) is 7.28. The summed E-state index contributed by atoms with van der Waals surface area (Å²) < 4.78 is 1.11.